The van der Waals surface area contributed by atoms with Crippen LogP contribution in [0.4, 0.5) is 0 Å². The Labute approximate surface area is 188 Å². The van der Waals surface area contributed by atoms with Crippen LogP contribution in [0.1, 0.15) is 20.3 Å². The van der Waals surface area contributed by atoms with Gasteiger partial charge in [0.15, 0.2) is 5.96 Å². The van der Waals surface area contributed by atoms with Gasteiger partial charge < -0.3 is 19.9 Å². The molecule has 152 valence electrons. The number of nitrogens with one attached hydrogen (secondary N) is 1. The van der Waals surface area contributed by atoms with E-state index in [0.29, 0.717) is 28.9 Å². The highest BCUT2D eigenvalue weighted by atomic mass is 127. The molecule has 1 aliphatic rings. The molecule has 2 rings (SSSR count). The maximum absolute atomic E-state index is 11.4. The minimum absolute atomic E-state index is 0. The lowest BCUT2D eigenvalue weighted by Crippen LogP contribution is -2.53. The summed E-state index contributed by atoms with van der Waals surface area (Å²) in [5.41, 5.74) is 0. The molecule has 0 aromatic heterocycles. The van der Waals surface area contributed by atoms with Gasteiger partial charge in [-0.05, 0) is 25.1 Å². The molecule has 0 spiro atoms. The number of halogens is 3. The molecule has 0 aliphatic carbocycles. The molecule has 0 bridgehead atoms. The molecule has 27 heavy (non-hydrogen) atoms. The fourth-order valence-electron chi connectivity index (χ4n) is 2.68. The van der Waals surface area contributed by atoms with E-state index in [0.717, 1.165) is 45.1 Å². The van der Waals surface area contributed by atoms with Crippen molar-refractivity contribution in [2.75, 3.05) is 45.9 Å². The maximum atomic E-state index is 11.4. The number of carbonyl (C=O) groups is 1. The van der Waals surface area contributed by atoms with Crippen LogP contribution in [0.15, 0.2) is 23.2 Å². The first-order valence-electron chi connectivity index (χ1n) is 8.88. The Morgan fingerprint density at radius 1 is 1.22 bits per heavy atom. The van der Waals surface area contributed by atoms with Gasteiger partial charge in [0.25, 0.3) is 0 Å². The molecular weight excluding hydrogens is 502 g/mol. The van der Waals surface area contributed by atoms with Crippen molar-refractivity contribution in [2.24, 2.45) is 4.99 Å². The van der Waals surface area contributed by atoms with Crippen molar-refractivity contribution in [2.45, 2.75) is 20.3 Å². The predicted molar refractivity (Wildman–Crippen MR) is 122 cm³/mol. The van der Waals surface area contributed by atoms with Gasteiger partial charge in [-0.1, -0.05) is 23.2 Å². The number of hydrogen-bond donors (Lipinski definition) is 1. The quantitative estimate of drug-likeness (QED) is 0.266. The van der Waals surface area contributed by atoms with E-state index in [2.05, 4.69) is 15.2 Å². The normalized spacial score (nSPS) is 14.6. The van der Waals surface area contributed by atoms with E-state index in [1.165, 1.54) is 0 Å². The first-order chi connectivity index (χ1) is 12.5. The molecule has 1 saturated heterocycles. The summed E-state index contributed by atoms with van der Waals surface area (Å²) in [6, 6.07) is 5.19. The molecule has 1 amide bonds. The SMILES string of the molecule is CCNC(=NCCCOc1ccc(Cl)cc1Cl)N1CCN(C(C)=O)CC1.I. The smallest absolute Gasteiger partial charge is 0.219 e. The molecule has 6 nitrogen and oxygen atoms in total. The van der Waals surface area contributed by atoms with Gasteiger partial charge in [0, 0.05) is 57.6 Å². The zero-order chi connectivity index (χ0) is 18.9. The first kappa shape index (κ1) is 24.1. The molecule has 1 aromatic rings. The highest BCUT2D eigenvalue weighted by molar-refractivity contribution is 14.0. The van der Waals surface area contributed by atoms with Crippen LogP contribution in [-0.4, -0.2) is 67.5 Å². The number of aliphatic imine (C=N–C) groups is 1. The molecule has 1 fully saturated rings. The Bertz CT molecular complexity index is 638. The number of amides is 1. The van der Waals surface area contributed by atoms with E-state index >= 15 is 0 Å². The van der Waals surface area contributed by atoms with Gasteiger partial charge >= 0.3 is 0 Å². The minimum atomic E-state index is 0. The third-order valence-corrected chi connectivity index (χ3v) is 4.61. The lowest BCUT2D eigenvalue weighted by molar-refractivity contribution is -0.130. The number of nitrogens with zero attached hydrogens (tertiary/aromatic N) is 3. The van der Waals surface area contributed by atoms with Crippen molar-refractivity contribution < 1.29 is 9.53 Å². The summed E-state index contributed by atoms with van der Waals surface area (Å²) in [5, 5.41) is 4.42. The van der Waals surface area contributed by atoms with Crippen LogP contribution >= 0.6 is 47.2 Å². The Morgan fingerprint density at radius 2 is 1.89 bits per heavy atom. The van der Waals surface area contributed by atoms with E-state index in [1.54, 1.807) is 25.1 Å². The number of ether oxygens (including phenoxy) is 1. The molecule has 1 heterocycles. The maximum Gasteiger partial charge on any atom is 0.219 e. The monoisotopic (exact) mass is 528 g/mol. The number of guanidine groups is 1. The van der Waals surface area contributed by atoms with Crippen LogP contribution in [0, 0.1) is 0 Å². The number of rotatable bonds is 6. The summed E-state index contributed by atoms with van der Waals surface area (Å²) >= 11 is 12.0. The third kappa shape index (κ3) is 7.91. The molecule has 0 radical (unpaired) electrons. The second kappa shape index (κ2) is 12.5. The Kier molecular flexibility index (Phi) is 11.2. The van der Waals surface area contributed by atoms with Gasteiger partial charge in [-0.25, -0.2) is 0 Å². The van der Waals surface area contributed by atoms with Gasteiger partial charge in [-0.2, -0.15) is 0 Å². The van der Waals surface area contributed by atoms with E-state index in [4.69, 9.17) is 27.9 Å². The van der Waals surface area contributed by atoms with Crippen molar-refractivity contribution >= 4 is 59.0 Å². The number of piperazine rings is 1. The lowest BCUT2D eigenvalue weighted by Gasteiger charge is -2.36. The zero-order valence-electron chi connectivity index (χ0n) is 15.7. The molecule has 0 saturated carbocycles. The van der Waals surface area contributed by atoms with Crippen LogP contribution in [0.5, 0.6) is 5.75 Å². The zero-order valence-corrected chi connectivity index (χ0v) is 19.6. The number of benzene rings is 1. The van der Waals surface area contributed by atoms with E-state index in [-0.39, 0.29) is 29.9 Å². The summed E-state index contributed by atoms with van der Waals surface area (Å²) in [4.78, 5) is 20.2. The van der Waals surface area contributed by atoms with Crippen molar-refractivity contribution in [3.8, 4) is 5.75 Å². The average Bonchev–Trinajstić information content (AvgIpc) is 2.62. The average molecular weight is 529 g/mol. The Balaban J connectivity index is 0.00000364. The van der Waals surface area contributed by atoms with E-state index in [9.17, 15) is 4.79 Å². The standard InChI is InChI=1S/C18H26Cl2N4O2.HI/c1-3-21-18(24-10-8-23(9-11-24)14(2)25)22-7-4-12-26-17-6-5-15(19)13-16(17)20;/h5-6,13H,3-4,7-12H2,1-2H3,(H,21,22);1H. The molecule has 1 N–H and O–H groups in total. The fourth-order valence-corrected chi connectivity index (χ4v) is 3.15. The summed E-state index contributed by atoms with van der Waals surface area (Å²) < 4.78 is 5.68. The number of carbonyl (C=O) groups excluding carboxylic acids is 1. The van der Waals surface area contributed by atoms with Gasteiger partial charge in [-0.3, -0.25) is 9.79 Å². The molecule has 1 aromatic carbocycles. The van der Waals surface area contributed by atoms with Crippen LogP contribution in [0.25, 0.3) is 0 Å². The second-order valence-corrected chi connectivity index (χ2v) is 6.85. The van der Waals surface area contributed by atoms with Crippen molar-refractivity contribution in [3.05, 3.63) is 28.2 Å². The van der Waals surface area contributed by atoms with Crippen molar-refractivity contribution in [1.29, 1.82) is 0 Å². The Hall–Kier alpha value is -0.930. The summed E-state index contributed by atoms with van der Waals surface area (Å²) in [5.74, 6) is 1.65. The van der Waals surface area contributed by atoms with Gasteiger partial charge in [-0.15, -0.1) is 24.0 Å². The molecule has 0 atom stereocenters. The molecule has 0 unspecified atom stereocenters. The third-order valence-electron chi connectivity index (χ3n) is 4.07. The first-order valence-corrected chi connectivity index (χ1v) is 9.63. The van der Waals surface area contributed by atoms with Crippen LogP contribution in [0.3, 0.4) is 0 Å². The summed E-state index contributed by atoms with van der Waals surface area (Å²) in [6.45, 7) is 8.71. The van der Waals surface area contributed by atoms with Crippen LogP contribution in [0.2, 0.25) is 10.0 Å². The molecule has 9 heteroatoms. The molecule has 1 aliphatic heterocycles. The number of hydrogen-bond acceptors (Lipinski definition) is 3. The lowest BCUT2D eigenvalue weighted by atomic mass is 10.3. The van der Waals surface area contributed by atoms with E-state index < -0.39 is 0 Å². The van der Waals surface area contributed by atoms with Crippen molar-refractivity contribution in [3.63, 3.8) is 0 Å². The van der Waals surface area contributed by atoms with Crippen molar-refractivity contribution in [1.82, 2.24) is 15.1 Å². The topological polar surface area (TPSA) is 57.2 Å². The van der Waals surface area contributed by atoms with Gasteiger partial charge in [0.2, 0.25) is 5.91 Å². The molecular formula is C18H27Cl2IN4O2. The van der Waals surface area contributed by atoms with Crippen LogP contribution < -0.4 is 10.1 Å². The minimum Gasteiger partial charge on any atom is -0.492 e. The van der Waals surface area contributed by atoms with Gasteiger partial charge in [0.1, 0.15) is 5.75 Å². The second-order valence-electron chi connectivity index (χ2n) is 6.01. The Morgan fingerprint density at radius 3 is 2.48 bits per heavy atom. The summed E-state index contributed by atoms with van der Waals surface area (Å²) in [7, 11) is 0. The van der Waals surface area contributed by atoms with E-state index in [1.807, 2.05) is 11.8 Å². The fraction of sp³-hybridized carbons (Fsp3) is 0.556. The highest BCUT2D eigenvalue weighted by Crippen LogP contribution is 2.27. The van der Waals surface area contributed by atoms with Crippen LogP contribution in [-0.2, 0) is 4.79 Å². The van der Waals surface area contributed by atoms with Gasteiger partial charge in [0.05, 0.1) is 11.6 Å². The highest BCUT2D eigenvalue weighted by Gasteiger charge is 2.20. The summed E-state index contributed by atoms with van der Waals surface area (Å²) in [6.07, 6.45) is 0.779. The largest absolute Gasteiger partial charge is 0.492 e. The predicted octanol–water partition coefficient (Wildman–Crippen LogP) is 3.51.